The number of hydrogen-bond donors (Lipinski definition) is 3. The van der Waals surface area contributed by atoms with Gasteiger partial charge >= 0.3 is 5.97 Å². The van der Waals surface area contributed by atoms with Crippen LogP contribution in [0.5, 0.6) is 0 Å². The molecule has 15 heavy (non-hydrogen) atoms. The molecule has 3 N–H and O–H groups in total. The van der Waals surface area contributed by atoms with E-state index >= 15 is 0 Å². The van der Waals surface area contributed by atoms with Crippen LogP contribution in [0.15, 0.2) is 11.5 Å². The van der Waals surface area contributed by atoms with E-state index in [0.29, 0.717) is 0 Å². The maximum absolute atomic E-state index is 10.7. The lowest BCUT2D eigenvalue weighted by atomic mass is 10.2. The first-order chi connectivity index (χ1) is 7.07. The Morgan fingerprint density at radius 3 is 2.33 bits per heavy atom. The molecule has 2 atom stereocenters. The van der Waals surface area contributed by atoms with Gasteiger partial charge in [0.25, 0.3) is 0 Å². The second-order valence-electron chi connectivity index (χ2n) is 2.58. The molecular formula is C9H16O6. The minimum absolute atomic E-state index is 0.102. The average Bonchev–Trinajstić information content (AvgIpc) is 2.49. The molecule has 6 nitrogen and oxygen atoms in total. The molecule has 0 aromatic carbocycles. The van der Waals surface area contributed by atoms with Crippen molar-refractivity contribution >= 4 is 5.97 Å². The van der Waals surface area contributed by atoms with E-state index in [9.17, 15) is 9.90 Å². The Kier molecular flexibility index (Phi) is 5.73. The summed E-state index contributed by atoms with van der Waals surface area (Å²) in [6, 6.07) is 0. The fourth-order valence-corrected chi connectivity index (χ4v) is 0.985. The number of carbonyl (C=O) groups is 1. The van der Waals surface area contributed by atoms with Crippen LogP contribution in [0.2, 0.25) is 0 Å². The first kappa shape index (κ1) is 13.7. The van der Waals surface area contributed by atoms with E-state index in [1.54, 1.807) is 0 Å². The first-order valence-corrected chi connectivity index (χ1v) is 4.58. The van der Waals surface area contributed by atoms with Gasteiger partial charge < -0.3 is 24.8 Å². The first-order valence-electron chi connectivity index (χ1n) is 4.58. The van der Waals surface area contributed by atoms with E-state index in [1.165, 1.54) is 7.11 Å². The highest BCUT2D eigenvalue weighted by molar-refractivity contribution is 5.89. The predicted molar refractivity (Wildman–Crippen MR) is 51.4 cm³/mol. The van der Waals surface area contributed by atoms with Crippen molar-refractivity contribution in [2.24, 2.45) is 0 Å². The topological polar surface area (TPSA) is 96.2 Å². The zero-order valence-electron chi connectivity index (χ0n) is 8.93. The third kappa shape index (κ3) is 3.10. The Morgan fingerprint density at radius 1 is 1.47 bits per heavy atom. The van der Waals surface area contributed by atoms with Gasteiger partial charge in [0.2, 0.25) is 5.76 Å². The smallest absolute Gasteiger partial charge is 0.377 e. The molecule has 0 fully saturated rings. The molecule has 88 valence electrons. The van der Waals surface area contributed by atoms with Crippen LogP contribution in [-0.2, 0) is 14.3 Å². The van der Waals surface area contributed by atoms with Crippen molar-refractivity contribution in [2.75, 3.05) is 13.7 Å². The monoisotopic (exact) mass is 220 g/mol. The summed E-state index contributed by atoms with van der Waals surface area (Å²) in [5.41, 5.74) is 0. The Labute approximate surface area is 87.7 Å². The Morgan fingerprint density at radius 2 is 2.00 bits per heavy atom. The van der Waals surface area contributed by atoms with Crippen LogP contribution in [0.4, 0.5) is 0 Å². The predicted octanol–water partition coefficient (Wildman–Crippen LogP) is 0.273. The number of hydrogen-bond acceptors (Lipinski definition) is 6. The number of methoxy groups -OCH3 is 1. The van der Waals surface area contributed by atoms with Crippen molar-refractivity contribution in [2.45, 2.75) is 26.1 Å². The molecule has 0 aromatic rings. The number of aliphatic hydroxyl groups excluding tert-OH is 3. The maximum Gasteiger partial charge on any atom is 0.377 e. The lowest BCUT2D eigenvalue weighted by Gasteiger charge is -2.15. The van der Waals surface area contributed by atoms with Gasteiger partial charge in [-0.1, -0.05) is 13.8 Å². The van der Waals surface area contributed by atoms with Gasteiger partial charge in [-0.2, -0.15) is 0 Å². The largest absolute Gasteiger partial charge is 0.505 e. The van der Waals surface area contributed by atoms with Gasteiger partial charge in [0.05, 0.1) is 6.61 Å². The lowest BCUT2D eigenvalue weighted by Crippen LogP contribution is -2.32. The summed E-state index contributed by atoms with van der Waals surface area (Å²) >= 11 is 0. The van der Waals surface area contributed by atoms with Crippen molar-refractivity contribution in [1.82, 2.24) is 0 Å². The molecule has 1 aliphatic heterocycles. The highest BCUT2D eigenvalue weighted by Crippen LogP contribution is 2.21. The van der Waals surface area contributed by atoms with E-state index in [2.05, 4.69) is 9.47 Å². The summed E-state index contributed by atoms with van der Waals surface area (Å²) in [6.45, 7) is 3.90. The van der Waals surface area contributed by atoms with Crippen LogP contribution in [0, 0.1) is 0 Å². The second-order valence-corrected chi connectivity index (χ2v) is 2.58. The summed E-state index contributed by atoms with van der Waals surface area (Å²) in [5.74, 6) is -2.56. The van der Waals surface area contributed by atoms with E-state index < -0.39 is 29.7 Å². The molecule has 1 heterocycles. The fourth-order valence-electron chi connectivity index (χ4n) is 0.985. The number of aliphatic hydroxyl groups is 3. The number of ether oxygens (including phenoxy) is 2. The van der Waals surface area contributed by atoms with Crippen LogP contribution in [0.25, 0.3) is 0 Å². The van der Waals surface area contributed by atoms with Crippen LogP contribution in [-0.4, -0.2) is 47.2 Å². The van der Waals surface area contributed by atoms with Crippen molar-refractivity contribution < 1.29 is 29.6 Å². The van der Waals surface area contributed by atoms with E-state index in [-0.39, 0.29) is 6.61 Å². The lowest BCUT2D eigenvalue weighted by molar-refractivity contribution is -0.148. The quantitative estimate of drug-likeness (QED) is 0.591. The molecular weight excluding hydrogens is 204 g/mol. The normalized spacial score (nSPS) is 21.9. The van der Waals surface area contributed by atoms with Gasteiger partial charge in [-0.05, 0) is 0 Å². The van der Waals surface area contributed by atoms with E-state index in [0.717, 1.165) is 0 Å². The van der Waals surface area contributed by atoms with Gasteiger partial charge in [0.15, 0.2) is 11.9 Å². The molecule has 0 spiro atoms. The van der Waals surface area contributed by atoms with Crippen LogP contribution >= 0.6 is 0 Å². The van der Waals surface area contributed by atoms with Crippen molar-refractivity contribution in [3.05, 3.63) is 11.5 Å². The summed E-state index contributed by atoms with van der Waals surface area (Å²) in [5, 5.41) is 27.2. The minimum Gasteiger partial charge on any atom is -0.505 e. The number of esters is 1. The molecule has 0 saturated carbocycles. The number of rotatable bonds is 3. The fraction of sp³-hybridized carbons (Fsp3) is 0.667. The van der Waals surface area contributed by atoms with Crippen LogP contribution in [0.3, 0.4) is 0 Å². The third-order valence-electron chi connectivity index (χ3n) is 1.63. The molecule has 6 heteroatoms. The van der Waals surface area contributed by atoms with Gasteiger partial charge in [0, 0.05) is 7.11 Å². The van der Waals surface area contributed by atoms with Crippen molar-refractivity contribution in [1.29, 1.82) is 0 Å². The van der Waals surface area contributed by atoms with Crippen molar-refractivity contribution in [3.63, 3.8) is 0 Å². The zero-order valence-corrected chi connectivity index (χ0v) is 8.93. The number of cyclic esters (lactones) is 1. The summed E-state index contributed by atoms with van der Waals surface area (Å²) in [7, 11) is 1.35. The number of carbonyl (C=O) groups excluding carboxylic acids is 1. The molecule has 0 aliphatic carbocycles. The molecule has 0 saturated heterocycles. The third-order valence-corrected chi connectivity index (χ3v) is 1.63. The average molecular weight is 220 g/mol. The second kappa shape index (κ2) is 6.26. The van der Waals surface area contributed by atoms with Gasteiger partial charge in [-0.15, -0.1) is 0 Å². The van der Waals surface area contributed by atoms with Crippen LogP contribution < -0.4 is 0 Å². The molecule has 1 rings (SSSR count). The van der Waals surface area contributed by atoms with E-state index in [1.807, 2.05) is 13.8 Å². The standard InChI is InChI=1S/C7H10O6.C2H6/c1-12-2-3(8)6-4(9)5(10)7(11)13-6;1-2/h3,6,8-10H,2H2,1H3;1-2H3. The molecule has 2 unspecified atom stereocenters. The van der Waals surface area contributed by atoms with E-state index in [4.69, 9.17) is 10.2 Å². The molecule has 0 aromatic heterocycles. The molecule has 0 amide bonds. The Balaban J connectivity index is 0.000000921. The maximum atomic E-state index is 10.7. The van der Waals surface area contributed by atoms with Gasteiger partial charge in [-0.25, -0.2) is 4.79 Å². The van der Waals surface area contributed by atoms with Gasteiger partial charge in [0.1, 0.15) is 6.10 Å². The minimum atomic E-state index is -1.23. The summed E-state index contributed by atoms with van der Waals surface area (Å²) in [4.78, 5) is 10.7. The molecule has 0 radical (unpaired) electrons. The summed E-state index contributed by atoms with van der Waals surface area (Å²) < 4.78 is 9.04. The van der Waals surface area contributed by atoms with Gasteiger partial charge in [-0.3, -0.25) is 0 Å². The zero-order chi connectivity index (χ0) is 12.0. The Hall–Kier alpha value is -1.27. The SMILES string of the molecule is CC.COCC(O)C1OC(=O)C(O)=C1O. The van der Waals surface area contributed by atoms with Crippen LogP contribution in [0.1, 0.15) is 13.8 Å². The highest BCUT2D eigenvalue weighted by atomic mass is 16.6. The highest BCUT2D eigenvalue weighted by Gasteiger charge is 2.39. The Bertz CT molecular complexity index is 247. The summed E-state index contributed by atoms with van der Waals surface area (Å²) in [6.07, 6.45) is -2.41. The van der Waals surface area contributed by atoms with Crippen molar-refractivity contribution in [3.8, 4) is 0 Å². The molecule has 1 aliphatic rings. The molecule has 0 bridgehead atoms.